The number of likely N-dealkylation sites (tertiary alicyclic amines) is 1. The Morgan fingerprint density at radius 1 is 1.42 bits per heavy atom. The van der Waals surface area contributed by atoms with Gasteiger partial charge >= 0.3 is 6.03 Å². The molecule has 1 aromatic carbocycles. The predicted octanol–water partition coefficient (Wildman–Crippen LogP) is 3.13. The number of nitrogens with one attached hydrogen (secondary N) is 1. The molecule has 4 rings (SSSR count). The molecular weight excluding hydrogens is 352 g/mol. The van der Waals surface area contributed by atoms with Crippen LogP contribution >= 0.6 is 11.5 Å². The second-order valence-electron chi connectivity index (χ2n) is 6.75. The van der Waals surface area contributed by atoms with E-state index in [1.807, 2.05) is 18.2 Å². The minimum absolute atomic E-state index is 0.0717. The Kier molecular flexibility index (Phi) is 4.36. The zero-order chi connectivity index (χ0) is 18.1. The van der Waals surface area contributed by atoms with Crippen LogP contribution in [-0.2, 0) is 6.42 Å². The van der Waals surface area contributed by atoms with E-state index in [2.05, 4.69) is 21.6 Å². The van der Waals surface area contributed by atoms with E-state index in [1.54, 1.807) is 11.0 Å². The molecule has 3 heterocycles. The molecule has 1 aromatic heterocycles. The lowest BCUT2D eigenvalue weighted by molar-refractivity contribution is 0.0482. The second-order valence-corrected chi connectivity index (χ2v) is 7.50. The molecule has 0 saturated carbocycles. The number of anilines is 1. The van der Waals surface area contributed by atoms with Crippen molar-refractivity contribution in [3.63, 3.8) is 0 Å². The summed E-state index contributed by atoms with van der Waals surface area (Å²) in [6.45, 7) is 2.99. The Morgan fingerprint density at radius 3 is 3.12 bits per heavy atom. The number of urea groups is 1. The minimum Gasteiger partial charge on any atom is -0.484 e. The number of aromatic nitrogens is 2. The fourth-order valence-electron chi connectivity index (χ4n) is 3.49. The van der Waals surface area contributed by atoms with Gasteiger partial charge in [-0.15, -0.1) is 0 Å². The van der Waals surface area contributed by atoms with Gasteiger partial charge in [0.15, 0.2) is 5.78 Å². The first-order chi connectivity index (χ1) is 12.6. The van der Waals surface area contributed by atoms with E-state index in [9.17, 15) is 9.59 Å². The van der Waals surface area contributed by atoms with Gasteiger partial charge in [-0.2, -0.15) is 4.37 Å². The summed E-state index contributed by atoms with van der Waals surface area (Å²) in [6, 6.07) is 7.06. The molecule has 0 radical (unpaired) electrons. The van der Waals surface area contributed by atoms with Gasteiger partial charge in [-0.3, -0.25) is 10.1 Å². The molecule has 2 aliphatic rings. The van der Waals surface area contributed by atoms with Crippen molar-refractivity contribution >= 4 is 28.5 Å². The average molecular weight is 372 g/mol. The smallest absolute Gasteiger partial charge is 0.323 e. The summed E-state index contributed by atoms with van der Waals surface area (Å²) < 4.78 is 10.4. The van der Waals surface area contributed by atoms with E-state index in [-0.39, 0.29) is 11.8 Å². The highest BCUT2D eigenvalue weighted by atomic mass is 32.1. The molecule has 1 fully saturated rings. The fourth-order valence-corrected chi connectivity index (χ4v) is 4.09. The van der Waals surface area contributed by atoms with Gasteiger partial charge in [0.25, 0.3) is 0 Å². The quantitative estimate of drug-likeness (QED) is 0.895. The Morgan fingerprint density at radius 2 is 2.27 bits per heavy atom. The lowest BCUT2D eigenvalue weighted by Crippen LogP contribution is -2.45. The van der Waals surface area contributed by atoms with E-state index in [0.717, 1.165) is 18.7 Å². The van der Waals surface area contributed by atoms with Crippen LogP contribution in [0.15, 0.2) is 24.3 Å². The first-order valence-corrected chi connectivity index (χ1v) is 9.56. The van der Waals surface area contributed by atoms with Crippen LogP contribution in [-0.4, -0.2) is 44.8 Å². The van der Waals surface area contributed by atoms with Gasteiger partial charge < -0.3 is 9.64 Å². The molecule has 2 amide bonds. The zero-order valence-electron chi connectivity index (χ0n) is 14.5. The Balaban J connectivity index is 1.43. The van der Waals surface area contributed by atoms with Crippen molar-refractivity contribution in [3.05, 3.63) is 35.7 Å². The third kappa shape index (κ3) is 3.16. The van der Waals surface area contributed by atoms with Crippen molar-refractivity contribution in [1.82, 2.24) is 14.3 Å². The molecule has 136 valence electrons. The Labute approximate surface area is 155 Å². The van der Waals surface area contributed by atoms with Crippen molar-refractivity contribution in [2.75, 3.05) is 18.4 Å². The number of benzene rings is 1. The molecular formula is C18H20N4O3S. The Bertz CT molecular complexity index is 852. The maximum Gasteiger partial charge on any atom is 0.323 e. The van der Waals surface area contributed by atoms with Crippen LogP contribution in [0.2, 0.25) is 0 Å². The zero-order valence-corrected chi connectivity index (χ0v) is 15.3. The van der Waals surface area contributed by atoms with Gasteiger partial charge in [0.2, 0.25) is 5.13 Å². The highest BCUT2D eigenvalue weighted by molar-refractivity contribution is 7.09. The van der Waals surface area contributed by atoms with E-state index in [1.165, 1.54) is 11.5 Å². The van der Waals surface area contributed by atoms with E-state index in [4.69, 9.17) is 4.74 Å². The van der Waals surface area contributed by atoms with Crippen LogP contribution in [0.1, 0.15) is 42.4 Å². The number of ketones is 1. The van der Waals surface area contributed by atoms with E-state index in [0.29, 0.717) is 42.4 Å². The number of fused-ring (bicyclic) bond motifs is 1. The highest BCUT2D eigenvalue weighted by Gasteiger charge is 2.47. The number of aryl methyl sites for hydroxylation is 1. The third-order valence-electron chi connectivity index (χ3n) is 4.76. The first kappa shape index (κ1) is 17.0. The van der Waals surface area contributed by atoms with E-state index < -0.39 is 5.60 Å². The van der Waals surface area contributed by atoms with Gasteiger partial charge in [-0.1, -0.05) is 19.1 Å². The Hall–Kier alpha value is -2.48. The van der Waals surface area contributed by atoms with Gasteiger partial charge in [0.1, 0.15) is 17.2 Å². The highest BCUT2D eigenvalue weighted by Crippen LogP contribution is 2.38. The molecule has 1 atom stereocenters. The lowest BCUT2D eigenvalue weighted by Gasteiger charge is -2.34. The van der Waals surface area contributed by atoms with Gasteiger partial charge in [0.05, 0.1) is 18.5 Å². The van der Waals surface area contributed by atoms with Crippen molar-refractivity contribution < 1.29 is 14.3 Å². The molecule has 2 aromatic rings. The van der Waals surface area contributed by atoms with Crippen molar-refractivity contribution in [2.24, 2.45) is 0 Å². The molecule has 1 unspecified atom stereocenters. The summed E-state index contributed by atoms with van der Waals surface area (Å²) in [5.74, 6) is 1.44. The van der Waals surface area contributed by atoms with Gasteiger partial charge in [-0.25, -0.2) is 9.78 Å². The molecule has 1 saturated heterocycles. The van der Waals surface area contributed by atoms with Crippen LogP contribution in [0, 0.1) is 0 Å². The monoisotopic (exact) mass is 372 g/mol. The first-order valence-electron chi connectivity index (χ1n) is 8.78. The molecule has 1 spiro atoms. The standard InChI is InChI=1S/C18H20N4O3S/c1-2-5-15-19-16(26-21-15)20-17(24)22-9-8-18(11-22)10-13(23)12-6-3-4-7-14(12)25-18/h3-4,6-7H,2,5,8-11H2,1H3,(H,19,20,21,24). The van der Waals surface area contributed by atoms with Crippen LogP contribution < -0.4 is 10.1 Å². The number of hydrogen-bond donors (Lipinski definition) is 1. The maximum atomic E-state index is 12.5. The summed E-state index contributed by atoms with van der Waals surface area (Å²) in [5.41, 5.74) is -0.00424. The molecule has 2 aliphatic heterocycles. The van der Waals surface area contributed by atoms with Gasteiger partial charge in [0, 0.05) is 30.9 Å². The maximum absolute atomic E-state index is 12.5. The largest absolute Gasteiger partial charge is 0.484 e. The summed E-state index contributed by atoms with van der Waals surface area (Å²) in [4.78, 5) is 31.0. The van der Waals surface area contributed by atoms with Crippen LogP contribution in [0.5, 0.6) is 5.75 Å². The number of nitrogens with zero attached hydrogens (tertiary/aromatic N) is 3. The fraction of sp³-hybridized carbons (Fsp3) is 0.444. The lowest BCUT2D eigenvalue weighted by atomic mass is 9.89. The number of carbonyl (C=O) groups excluding carboxylic acids is 2. The molecule has 0 bridgehead atoms. The van der Waals surface area contributed by atoms with Crippen molar-refractivity contribution in [3.8, 4) is 5.75 Å². The number of Topliss-reactive ketones (excluding diaryl/α,β-unsaturated/α-hetero) is 1. The summed E-state index contributed by atoms with van der Waals surface area (Å²) >= 11 is 1.19. The number of hydrogen-bond acceptors (Lipinski definition) is 6. The van der Waals surface area contributed by atoms with Crippen LogP contribution in [0.3, 0.4) is 0 Å². The van der Waals surface area contributed by atoms with Gasteiger partial charge in [-0.05, 0) is 18.6 Å². The summed E-state index contributed by atoms with van der Waals surface area (Å²) in [5, 5.41) is 3.31. The minimum atomic E-state index is -0.628. The number of ether oxygens (including phenoxy) is 1. The van der Waals surface area contributed by atoms with Crippen LogP contribution in [0.4, 0.5) is 9.93 Å². The summed E-state index contributed by atoms with van der Waals surface area (Å²) in [7, 11) is 0. The van der Waals surface area contributed by atoms with Crippen molar-refractivity contribution in [1.29, 1.82) is 0 Å². The molecule has 7 nitrogen and oxygen atoms in total. The number of amides is 2. The van der Waals surface area contributed by atoms with Crippen molar-refractivity contribution in [2.45, 2.75) is 38.2 Å². The molecule has 8 heteroatoms. The predicted molar refractivity (Wildman–Crippen MR) is 97.9 cm³/mol. The summed E-state index contributed by atoms with van der Waals surface area (Å²) in [6.07, 6.45) is 2.70. The number of carbonyl (C=O) groups is 2. The SMILES string of the molecule is CCCc1nsc(NC(=O)N2CCC3(CC(=O)c4ccccc4O3)C2)n1. The van der Waals surface area contributed by atoms with Crippen LogP contribution in [0.25, 0.3) is 0 Å². The topological polar surface area (TPSA) is 84.4 Å². The number of rotatable bonds is 3. The average Bonchev–Trinajstić information content (AvgIpc) is 3.23. The molecule has 1 N–H and O–H groups in total. The molecule has 26 heavy (non-hydrogen) atoms. The van der Waals surface area contributed by atoms with E-state index >= 15 is 0 Å². The normalized spacial score (nSPS) is 21.6. The molecule has 0 aliphatic carbocycles. The number of para-hydroxylation sites is 1. The third-order valence-corrected chi connectivity index (χ3v) is 5.42. The second kappa shape index (κ2) is 6.68.